The minimum atomic E-state index is -1.28. The number of carbonyl (C=O) groups excluding carboxylic acids is 4. The number of hydrogen-bond acceptors (Lipinski definition) is 9. The summed E-state index contributed by atoms with van der Waals surface area (Å²) in [6.45, 7) is 8.35. The third kappa shape index (κ3) is 4.68. The summed E-state index contributed by atoms with van der Waals surface area (Å²) in [6, 6.07) is -1.28. The van der Waals surface area contributed by atoms with Crippen LogP contribution in [0.15, 0.2) is 40.3 Å². The van der Waals surface area contributed by atoms with E-state index in [0.717, 1.165) is 17.6 Å². The maximum absolute atomic E-state index is 13.0. The van der Waals surface area contributed by atoms with Crippen molar-refractivity contribution in [2.24, 2.45) is 4.99 Å². The Morgan fingerprint density at radius 3 is 2.29 bits per heavy atom. The molecule has 0 aromatic rings. The first-order valence-corrected chi connectivity index (χ1v) is 9.63. The van der Waals surface area contributed by atoms with Crippen molar-refractivity contribution < 1.29 is 33.4 Å². The Bertz CT molecular complexity index is 922. The predicted molar refractivity (Wildman–Crippen MR) is 110 cm³/mol. The lowest BCUT2D eigenvalue weighted by molar-refractivity contribution is -0.161. The maximum Gasteiger partial charge on any atom is 0.397 e. The van der Waals surface area contributed by atoms with Gasteiger partial charge in [-0.05, 0) is 46.3 Å². The topological polar surface area (TPSA) is 115 Å². The number of ether oxygens (including phenoxy) is 3. The number of esters is 3. The van der Waals surface area contributed by atoms with Crippen LogP contribution in [0.4, 0.5) is 0 Å². The van der Waals surface area contributed by atoms with E-state index in [4.69, 9.17) is 14.2 Å². The molecule has 0 aromatic carbocycles. The molecule has 0 saturated heterocycles. The van der Waals surface area contributed by atoms with Gasteiger partial charge in [0.15, 0.2) is 11.9 Å². The third-order valence-corrected chi connectivity index (χ3v) is 4.48. The quantitative estimate of drug-likeness (QED) is 0.370. The molecule has 0 bridgehead atoms. The third-order valence-electron chi connectivity index (χ3n) is 4.48. The van der Waals surface area contributed by atoms with E-state index in [1.54, 1.807) is 46.0 Å². The molecule has 0 aromatic heterocycles. The Hall–Kier alpha value is -3.43. The molecule has 0 radical (unpaired) electrons. The SMILES string of the molecule is CCOC(=O)C(=O)N(C1=C(C(=O)OC)C(C(=O)OC)N2C=C(C)C=CC2=N1)C(C)(C)C. The van der Waals surface area contributed by atoms with Crippen LogP contribution in [0.1, 0.15) is 34.6 Å². The molecule has 2 aliphatic heterocycles. The Morgan fingerprint density at radius 1 is 1.13 bits per heavy atom. The summed E-state index contributed by atoms with van der Waals surface area (Å²) >= 11 is 0. The monoisotopic (exact) mass is 433 g/mol. The van der Waals surface area contributed by atoms with Gasteiger partial charge in [0.2, 0.25) is 0 Å². The van der Waals surface area contributed by atoms with Crippen molar-refractivity contribution in [2.75, 3.05) is 20.8 Å². The Balaban J connectivity index is 2.84. The fourth-order valence-electron chi connectivity index (χ4n) is 3.18. The zero-order valence-corrected chi connectivity index (χ0v) is 18.7. The van der Waals surface area contributed by atoms with Crippen LogP contribution in [-0.2, 0) is 33.4 Å². The fraction of sp³-hybridized carbons (Fsp3) is 0.476. The molecule has 0 aliphatic carbocycles. The Morgan fingerprint density at radius 2 is 1.77 bits per heavy atom. The van der Waals surface area contributed by atoms with Crippen molar-refractivity contribution in [3.05, 3.63) is 35.3 Å². The van der Waals surface area contributed by atoms with Gasteiger partial charge in [-0.2, -0.15) is 0 Å². The predicted octanol–water partition coefficient (Wildman–Crippen LogP) is 1.29. The molecule has 2 rings (SSSR count). The molecule has 2 heterocycles. The average Bonchev–Trinajstić information content (AvgIpc) is 2.71. The summed E-state index contributed by atoms with van der Waals surface area (Å²) in [5.74, 6) is -3.69. The summed E-state index contributed by atoms with van der Waals surface area (Å²) in [7, 11) is 2.33. The van der Waals surface area contributed by atoms with Crippen molar-refractivity contribution in [1.29, 1.82) is 0 Å². The maximum atomic E-state index is 13.0. The van der Waals surface area contributed by atoms with Gasteiger partial charge >= 0.3 is 23.8 Å². The van der Waals surface area contributed by atoms with E-state index in [2.05, 4.69) is 4.99 Å². The van der Waals surface area contributed by atoms with Crippen LogP contribution in [0.2, 0.25) is 0 Å². The van der Waals surface area contributed by atoms with Gasteiger partial charge in [0, 0.05) is 11.7 Å². The molecular formula is C21H27N3O7. The summed E-state index contributed by atoms with van der Waals surface area (Å²) in [6.07, 6.45) is 5.03. The molecule has 31 heavy (non-hydrogen) atoms. The lowest BCUT2D eigenvalue weighted by Gasteiger charge is -2.41. The number of fused-ring (bicyclic) bond motifs is 1. The first kappa shape index (κ1) is 23.8. The standard InChI is InChI=1S/C21H27N3O7/c1-8-31-20(28)17(25)24(21(3,4)5)16-14(18(26)29-6)15(19(27)30-7)23-11-12(2)9-10-13(23)22-16/h9-11,15H,8H2,1-7H3. The fourth-order valence-corrected chi connectivity index (χ4v) is 3.18. The highest BCUT2D eigenvalue weighted by Gasteiger charge is 2.46. The molecule has 1 amide bonds. The molecule has 10 heteroatoms. The molecule has 168 valence electrons. The van der Waals surface area contributed by atoms with Crippen molar-refractivity contribution >= 4 is 29.7 Å². The molecule has 10 nitrogen and oxygen atoms in total. The van der Waals surface area contributed by atoms with E-state index in [1.165, 1.54) is 12.0 Å². The number of allylic oxidation sites excluding steroid dienone is 2. The van der Waals surface area contributed by atoms with Crippen molar-refractivity contribution in [3.8, 4) is 0 Å². The van der Waals surface area contributed by atoms with Crippen LogP contribution in [-0.4, -0.2) is 71.9 Å². The van der Waals surface area contributed by atoms with Crippen LogP contribution in [0.5, 0.6) is 0 Å². The highest BCUT2D eigenvalue weighted by Crippen LogP contribution is 2.33. The van der Waals surface area contributed by atoms with E-state index in [1.807, 2.05) is 6.92 Å². The second kappa shape index (κ2) is 9.15. The van der Waals surface area contributed by atoms with Gasteiger partial charge in [-0.25, -0.2) is 19.4 Å². The number of amidine groups is 1. The molecular weight excluding hydrogens is 406 g/mol. The highest BCUT2D eigenvalue weighted by atomic mass is 16.5. The number of amides is 1. The number of carbonyl (C=O) groups is 4. The number of methoxy groups -OCH3 is 2. The minimum absolute atomic E-state index is 0.00858. The van der Waals surface area contributed by atoms with E-state index in [9.17, 15) is 19.2 Å². The molecule has 0 saturated carbocycles. The first-order chi connectivity index (χ1) is 14.5. The molecule has 0 spiro atoms. The second-order valence-electron chi connectivity index (χ2n) is 7.77. The van der Waals surface area contributed by atoms with Gasteiger partial charge in [0.05, 0.1) is 20.8 Å². The van der Waals surface area contributed by atoms with E-state index < -0.39 is 35.4 Å². The number of rotatable bonds is 4. The number of nitrogens with zero attached hydrogens (tertiary/aromatic N) is 3. The van der Waals surface area contributed by atoms with E-state index >= 15 is 0 Å². The van der Waals surface area contributed by atoms with Gasteiger partial charge < -0.3 is 19.1 Å². The highest BCUT2D eigenvalue weighted by molar-refractivity contribution is 6.33. The number of aliphatic imine (C=N–C) groups is 1. The smallest absolute Gasteiger partial charge is 0.397 e. The van der Waals surface area contributed by atoms with Crippen LogP contribution in [0.3, 0.4) is 0 Å². The zero-order valence-electron chi connectivity index (χ0n) is 18.7. The van der Waals surface area contributed by atoms with Gasteiger partial charge in [0.1, 0.15) is 11.4 Å². The summed E-state index contributed by atoms with van der Waals surface area (Å²) in [4.78, 5) is 57.9. The minimum Gasteiger partial charge on any atom is -0.467 e. The second-order valence-corrected chi connectivity index (χ2v) is 7.77. The summed E-state index contributed by atoms with van der Waals surface area (Å²) in [5, 5.41) is 0. The van der Waals surface area contributed by atoms with E-state index in [0.29, 0.717) is 0 Å². The van der Waals surface area contributed by atoms with Gasteiger partial charge in [-0.1, -0.05) is 6.08 Å². The Labute approximate surface area is 180 Å². The normalized spacial score (nSPS) is 17.9. The molecule has 2 aliphatic rings. The average molecular weight is 433 g/mol. The lowest BCUT2D eigenvalue weighted by atomic mass is 9.98. The van der Waals surface area contributed by atoms with Gasteiger partial charge in [-0.15, -0.1) is 0 Å². The largest absolute Gasteiger partial charge is 0.467 e. The molecule has 1 atom stereocenters. The zero-order chi connectivity index (χ0) is 23.5. The van der Waals surface area contributed by atoms with Crippen molar-refractivity contribution in [3.63, 3.8) is 0 Å². The molecule has 0 N–H and O–H groups in total. The van der Waals surface area contributed by atoms with Gasteiger partial charge in [0.25, 0.3) is 0 Å². The van der Waals surface area contributed by atoms with Crippen LogP contribution < -0.4 is 0 Å². The van der Waals surface area contributed by atoms with Crippen LogP contribution in [0.25, 0.3) is 0 Å². The first-order valence-electron chi connectivity index (χ1n) is 9.63. The van der Waals surface area contributed by atoms with Crippen molar-refractivity contribution in [1.82, 2.24) is 9.80 Å². The number of hydrogen-bond donors (Lipinski definition) is 0. The Kier molecular flexibility index (Phi) is 7.04. The summed E-state index contributed by atoms with van der Waals surface area (Å²) < 4.78 is 14.7. The molecule has 0 fully saturated rings. The van der Waals surface area contributed by atoms with Crippen molar-refractivity contribution in [2.45, 2.75) is 46.2 Å². The van der Waals surface area contributed by atoms with Crippen LogP contribution >= 0.6 is 0 Å². The summed E-state index contributed by atoms with van der Waals surface area (Å²) in [5.41, 5.74) is -0.434. The lowest BCUT2D eigenvalue weighted by Crippen LogP contribution is -2.54. The molecule has 1 unspecified atom stereocenters. The van der Waals surface area contributed by atoms with E-state index in [-0.39, 0.29) is 23.8 Å². The van der Waals surface area contributed by atoms with Gasteiger partial charge in [-0.3, -0.25) is 9.69 Å². The van der Waals surface area contributed by atoms with Crippen LogP contribution in [0, 0.1) is 0 Å².